The van der Waals surface area contributed by atoms with Crippen LogP contribution >= 0.6 is 11.6 Å². The van der Waals surface area contributed by atoms with E-state index in [9.17, 15) is 62.6 Å². The molecule has 2 saturated heterocycles. The minimum atomic E-state index is -1.35. The monoisotopic (exact) mass is 1940 g/mol. The number of nitrogens with zero attached hydrogens (tertiary/aromatic N) is 6. The van der Waals surface area contributed by atoms with Gasteiger partial charge >= 0.3 is 18.2 Å². The normalized spacial score (nSPS) is 16.3. The number of H-pyrrole nitrogens is 1. The predicted molar refractivity (Wildman–Crippen MR) is 526 cm³/mol. The summed E-state index contributed by atoms with van der Waals surface area (Å²) in [5.41, 5.74) is 4.44. The predicted octanol–water partition coefficient (Wildman–Crippen LogP) is 12.0. The van der Waals surface area contributed by atoms with Gasteiger partial charge in [-0.3, -0.25) is 52.8 Å². The molecule has 758 valence electrons. The summed E-state index contributed by atoms with van der Waals surface area (Å²) in [5.74, 6) is -7.39. The van der Waals surface area contributed by atoms with Crippen molar-refractivity contribution in [1.29, 1.82) is 0 Å². The van der Waals surface area contributed by atoms with Crippen LogP contribution in [0.1, 0.15) is 205 Å². The third-order valence-electron chi connectivity index (χ3n) is 24.7. The van der Waals surface area contributed by atoms with Crippen LogP contribution in [0.5, 0.6) is 0 Å². The molecule has 4 aromatic carbocycles. The zero-order valence-electron chi connectivity index (χ0n) is 84.0. The number of aryl methyl sites for hydroxylation is 1. The molecule has 35 nitrogen and oxygen atoms in total. The van der Waals surface area contributed by atoms with E-state index in [0.717, 1.165) is 0 Å². The van der Waals surface area contributed by atoms with Crippen LogP contribution < -0.4 is 52.8 Å². The number of hydrogen-bond donors (Lipinski definition) is 11. The van der Waals surface area contributed by atoms with Crippen molar-refractivity contribution in [2.24, 2.45) is 29.6 Å². The summed E-state index contributed by atoms with van der Waals surface area (Å²) in [4.78, 5) is 186. The van der Waals surface area contributed by atoms with Gasteiger partial charge in [0.25, 0.3) is 0 Å². The molecule has 2 aromatic heterocycles. The smallest absolute Gasteiger partial charge is 0.410 e. The van der Waals surface area contributed by atoms with Crippen LogP contribution in [0.4, 0.5) is 31.2 Å². The lowest BCUT2D eigenvalue weighted by molar-refractivity contribution is -0.155. The van der Waals surface area contributed by atoms with Crippen LogP contribution in [0, 0.1) is 42.3 Å². The first-order valence-corrected chi connectivity index (χ1v) is 48.1. The molecule has 11 N–H and O–H groups in total. The SMILES string of the molecule is CC[C@H](C)[C@@H]([C@@H](CC(=O)N1CCC[C@H]1[C@H](OC)[C@@H](C)C(=O)N[C@H](C)[C@@H](O)c1ccccc1)OC)N(C)C(=O)[C@@H](NC(=O)[C@H](C(C)C)N(C)C(=O)OCc1ccc(NC(=O)[C@H](C)NC(=O)[C@@H](NC(=O)[C@H](CCC(=O)OC(C)(C)C)NC(=O)CCOCCC(=O)NCCNc2ncc(-c3cc(C)cc(F)c3)c(N3CCC(NC(=O)OC(C)(C)C)CC3)c2-c2nc3ccc(Cl)cc3[nH]2)C(C)C)cc1)C(C)C. The maximum Gasteiger partial charge on any atom is 0.410 e. The third-order valence-corrected chi connectivity index (χ3v) is 24.9. The second kappa shape index (κ2) is 51.9. The van der Waals surface area contributed by atoms with Crippen LogP contribution in [0.3, 0.4) is 0 Å². The number of anilines is 3. The Morgan fingerprint density at radius 2 is 1.33 bits per heavy atom. The Kier molecular flexibility index (Phi) is 42.0. The second-order valence-electron chi connectivity index (χ2n) is 39.0. The van der Waals surface area contributed by atoms with Gasteiger partial charge in [-0.15, -0.1) is 0 Å². The van der Waals surface area contributed by atoms with Crippen LogP contribution in [-0.4, -0.2) is 258 Å². The van der Waals surface area contributed by atoms with E-state index < -0.39 is 161 Å². The number of carbonyl (C=O) groups is 12. The molecule has 138 heavy (non-hydrogen) atoms. The number of alkyl carbamates (subject to hydrolysis) is 1. The number of aromatic nitrogens is 3. The highest BCUT2D eigenvalue weighted by atomic mass is 35.5. The molecular weight excluding hydrogens is 1800 g/mol. The lowest BCUT2D eigenvalue weighted by Gasteiger charge is -2.41. The molecule has 2 aliphatic rings. The zero-order chi connectivity index (χ0) is 102. The molecule has 0 bridgehead atoms. The molecule has 13 atom stereocenters. The number of amides is 11. The Balaban J connectivity index is 0.806. The fraction of sp³-hybridized carbons (Fsp3) is 0.584. The Labute approximate surface area is 815 Å². The third kappa shape index (κ3) is 32.5. The van der Waals surface area contributed by atoms with E-state index >= 15 is 4.39 Å². The summed E-state index contributed by atoms with van der Waals surface area (Å²) in [5, 5.41) is 37.5. The number of likely N-dealkylation sites (N-methyl/N-ethyl adjacent to an activating group) is 2. The fourth-order valence-electron chi connectivity index (χ4n) is 17.2. The van der Waals surface area contributed by atoms with Crippen LogP contribution in [0.15, 0.2) is 97.2 Å². The molecule has 0 aliphatic carbocycles. The molecule has 6 aromatic rings. The van der Waals surface area contributed by atoms with Crippen LogP contribution in [0.25, 0.3) is 33.5 Å². The molecule has 2 fully saturated rings. The fourth-order valence-corrected chi connectivity index (χ4v) is 17.4. The molecule has 4 heterocycles. The van der Waals surface area contributed by atoms with Crippen molar-refractivity contribution in [3.05, 3.63) is 125 Å². The highest BCUT2D eigenvalue weighted by Crippen LogP contribution is 2.45. The number of aliphatic hydroxyl groups is 1. The number of esters is 1. The van der Waals surface area contributed by atoms with E-state index in [4.69, 9.17) is 50.0 Å². The number of fused-ring (bicyclic) bond motifs is 1. The van der Waals surface area contributed by atoms with E-state index in [1.165, 1.54) is 45.2 Å². The number of methoxy groups -OCH3 is 2. The van der Waals surface area contributed by atoms with E-state index in [-0.39, 0.29) is 94.7 Å². The van der Waals surface area contributed by atoms with Gasteiger partial charge < -0.3 is 101 Å². The quantitative estimate of drug-likeness (QED) is 0.00960. The molecule has 2 aliphatic heterocycles. The minimum Gasteiger partial charge on any atom is -0.460 e. The number of benzene rings is 4. The van der Waals surface area contributed by atoms with Crippen molar-refractivity contribution in [1.82, 2.24) is 66.9 Å². The van der Waals surface area contributed by atoms with Gasteiger partial charge in [-0.2, -0.15) is 0 Å². The van der Waals surface area contributed by atoms with Crippen molar-refractivity contribution in [3.63, 3.8) is 0 Å². The number of aliphatic hydroxyl groups excluding tert-OH is 1. The lowest BCUT2D eigenvalue weighted by atomic mass is 9.89. The number of aromatic amines is 1. The molecule has 0 saturated carbocycles. The maximum atomic E-state index is 15.3. The standard InChI is InChI=1S/C101H146ClFN16O19/c1-23-61(9)86(77(133-21)54-80(122)119-45-27-30-76(119)89(134-22)62(10)92(125)107-63(11)88(124)66-28-25-24-26-29-66)116(19)97(130)84(58(4)5)115-96(129)85(59(6)7)117(20)99(132)136-56-65-31-34-70(35-32-65)109-93(126)64(12)108-95(128)83(57(2)3)114-94(127)74(37-38-81(123)137-100(13,14)15)111-79(121)42-49-135-48-41-78(120)104-43-44-105-90-82(91-112-73-36-33-68(102)53-75(73)113-91)87(72(55-106-90)67-50-60(8)51-69(103)52-67)118-46-39-71(40-47-118)110-98(131)138-101(16,17)18/h24-26,28-29,31-36,50-53,55,57-59,61-64,71,74,76-77,83-86,88-89,124H,23,27,30,37-49,54,56H2,1-22H3,(H,104,120)(H,105,106)(H,107,125)(H,108,128)(H,109,126)(H,110,131)(H,111,121)(H,112,113)(H,114,127)(H,115,129)/t61-,62+,63+,64-,74-,76-,77+,83-,84-,85-,86-,88+,89+/m0/s1. The van der Waals surface area contributed by atoms with E-state index in [1.54, 1.807) is 175 Å². The molecule has 37 heteroatoms. The number of imidazole rings is 1. The number of ether oxygens (including phenoxy) is 6. The summed E-state index contributed by atoms with van der Waals surface area (Å²) in [6.45, 7) is 32.8. The second-order valence-corrected chi connectivity index (χ2v) is 39.5. The van der Waals surface area contributed by atoms with Gasteiger partial charge in [0.15, 0.2) is 0 Å². The van der Waals surface area contributed by atoms with Gasteiger partial charge in [-0.1, -0.05) is 129 Å². The van der Waals surface area contributed by atoms with E-state index in [2.05, 4.69) is 57.7 Å². The summed E-state index contributed by atoms with van der Waals surface area (Å²) in [6.07, 6.45) is -0.126. The molecule has 0 spiro atoms. The van der Waals surface area contributed by atoms with Gasteiger partial charge in [0.2, 0.25) is 53.2 Å². The van der Waals surface area contributed by atoms with Gasteiger partial charge in [0.1, 0.15) is 65.5 Å². The minimum absolute atomic E-state index is 0.0835. The molecule has 8 rings (SSSR count). The first-order chi connectivity index (χ1) is 65.1. The number of halogens is 2. The topological polar surface area (TPSA) is 443 Å². The van der Waals surface area contributed by atoms with Crippen molar-refractivity contribution in [2.75, 3.05) is 89.8 Å². The first kappa shape index (κ1) is 112. The number of carbonyl (C=O) groups excluding carboxylic acids is 12. The van der Waals surface area contributed by atoms with Crippen molar-refractivity contribution >= 4 is 111 Å². The molecular formula is C101H146ClFN16O19. The Morgan fingerprint density at radius 1 is 0.681 bits per heavy atom. The lowest BCUT2D eigenvalue weighted by Crippen LogP contribution is -2.60. The molecule has 11 amide bonds. The first-order valence-electron chi connectivity index (χ1n) is 47.8. The Morgan fingerprint density at radius 3 is 1.95 bits per heavy atom. The van der Waals surface area contributed by atoms with Gasteiger partial charge in [0.05, 0.1) is 84.3 Å². The average molecular weight is 1940 g/mol. The van der Waals surface area contributed by atoms with Crippen molar-refractivity contribution in [2.45, 2.75) is 279 Å². The number of hydrogen-bond acceptors (Lipinski definition) is 23. The molecule has 0 unspecified atom stereocenters. The summed E-state index contributed by atoms with van der Waals surface area (Å²) in [6, 6.07) is 17.6. The Bertz CT molecular complexity index is 5100. The van der Waals surface area contributed by atoms with Gasteiger partial charge in [-0.25, -0.2) is 23.9 Å². The van der Waals surface area contributed by atoms with Crippen LogP contribution in [-0.2, 0) is 83.0 Å². The average Bonchev–Trinajstić information content (AvgIpc) is 1.45. The maximum absolute atomic E-state index is 15.3. The van der Waals surface area contributed by atoms with Gasteiger partial charge in [-0.05, 0) is 183 Å². The number of pyridine rings is 1. The number of nitrogens with one attached hydrogen (secondary N) is 10. The number of piperidine rings is 1. The van der Waals surface area contributed by atoms with Crippen LogP contribution in [0.2, 0.25) is 5.02 Å². The zero-order valence-corrected chi connectivity index (χ0v) is 84.8. The highest BCUT2D eigenvalue weighted by molar-refractivity contribution is 6.31. The largest absolute Gasteiger partial charge is 0.460 e. The Hall–Kier alpha value is -11.6. The molecule has 0 radical (unpaired) electrons. The highest BCUT2D eigenvalue weighted by Gasteiger charge is 2.45. The number of rotatable bonds is 47. The van der Waals surface area contributed by atoms with Gasteiger partial charge in [0, 0.05) is 109 Å². The van der Waals surface area contributed by atoms with Crippen molar-refractivity contribution in [3.8, 4) is 22.5 Å². The summed E-state index contributed by atoms with van der Waals surface area (Å²) in [7, 11) is 6.06. The van der Waals surface area contributed by atoms with E-state index in [1.807, 2.05) is 45.0 Å². The summed E-state index contributed by atoms with van der Waals surface area (Å²) >= 11 is 6.45. The van der Waals surface area contributed by atoms with E-state index in [0.29, 0.717) is 124 Å². The van der Waals surface area contributed by atoms with Crippen molar-refractivity contribution < 1.29 is 95.5 Å². The number of likely N-dealkylation sites (tertiary alicyclic amines) is 1. The summed E-state index contributed by atoms with van der Waals surface area (Å²) < 4.78 is 49.9.